The zero-order valence-corrected chi connectivity index (χ0v) is 20.4. The van der Waals surface area contributed by atoms with Crippen LogP contribution in [-0.2, 0) is 29.0 Å². The summed E-state index contributed by atoms with van der Waals surface area (Å²) in [6.07, 6.45) is 2.89. The highest BCUT2D eigenvalue weighted by atomic mass is 35.5. The monoisotopic (exact) mass is 497 g/mol. The molecule has 0 fully saturated rings. The average Bonchev–Trinajstić information content (AvgIpc) is 2.84. The van der Waals surface area contributed by atoms with Crippen LogP contribution < -0.4 is 15.5 Å². The lowest BCUT2D eigenvalue weighted by atomic mass is 10.0. The Morgan fingerprint density at radius 1 is 0.912 bits per heavy atom. The number of amides is 2. The van der Waals surface area contributed by atoms with Crippen molar-refractivity contribution in [1.82, 2.24) is 5.43 Å². The number of benzene rings is 3. The first-order valence-corrected chi connectivity index (χ1v) is 11.6. The van der Waals surface area contributed by atoms with Gasteiger partial charge in [0.15, 0.2) is 0 Å². The van der Waals surface area contributed by atoms with E-state index in [0.717, 1.165) is 29.5 Å². The summed E-state index contributed by atoms with van der Waals surface area (Å²) in [6.45, 7) is 4.22. The zero-order chi connectivity index (χ0) is 24.5. The van der Waals surface area contributed by atoms with Gasteiger partial charge in [-0.15, -0.1) is 0 Å². The van der Waals surface area contributed by atoms with Crippen molar-refractivity contribution in [2.75, 3.05) is 5.32 Å². The van der Waals surface area contributed by atoms with Crippen molar-refractivity contribution in [1.29, 1.82) is 0 Å². The second-order valence-corrected chi connectivity index (χ2v) is 8.22. The molecule has 0 atom stereocenters. The molecule has 3 aromatic carbocycles. The number of nitrogens with one attached hydrogen (secondary N) is 2. The van der Waals surface area contributed by atoms with Crippen LogP contribution in [0.3, 0.4) is 0 Å². The van der Waals surface area contributed by atoms with Crippen LogP contribution in [-0.4, -0.2) is 18.0 Å². The second kappa shape index (κ2) is 12.2. The fraction of sp³-hybridized carbons (Fsp3) is 0.192. The summed E-state index contributed by atoms with van der Waals surface area (Å²) < 4.78 is 5.87. The molecule has 0 unspecified atom stereocenters. The molecule has 176 valence electrons. The van der Waals surface area contributed by atoms with Crippen molar-refractivity contribution >= 4 is 46.9 Å². The van der Waals surface area contributed by atoms with Gasteiger partial charge < -0.3 is 10.1 Å². The quantitative estimate of drug-likeness (QED) is 0.235. The topological polar surface area (TPSA) is 79.8 Å². The molecular formula is C26H25Cl2N3O3. The van der Waals surface area contributed by atoms with Crippen LogP contribution in [0.1, 0.15) is 36.1 Å². The number of aryl methyl sites for hydroxylation is 2. The van der Waals surface area contributed by atoms with E-state index in [4.69, 9.17) is 27.9 Å². The van der Waals surface area contributed by atoms with E-state index in [0.29, 0.717) is 27.0 Å². The van der Waals surface area contributed by atoms with Gasteiger partial charge in [-0.25, -0.2) is 5.43 Å². The summed E-state index contributed by atoms with van der Waals surface area (Å²) >= 11 is 12.1. The van der Waals surface area contributed by atoms with Gasteiger partial charge in [0.2, 0.25) is 0 Å². The highest BCUT2D eigenvalue weighted by Gasteiger charge is 2.16. The van der Waals surface area contributed by atoms with Crippen molar-refractivity contribution in [2.24, 2.45) is 5.10 Å². The zero-order valence-electron chi connectivity index (χ0n) is 18.9. The van der Waals surface area contributed by atoms with E-state index in [1.165, 1.54) is 6.21 Å². The predicted octanol–water partition coefficient (Wildman–Crippen LogP) is 5.79. The summed E-state index contributed by atoms with van der Waals surface area (Å²) in [5.41, 5.74) is 6.29. The highest BCUT2D eigenvalue weighted by Crippen LogP contribution is 2.24. The van der Waals surface area contributed by atoms with Gasteiger partial charge in [-0.05, 0) is 48.2 Å². The van der Waals surface area contributed by atoms with Gasteiger partial charge in [0, 0.05) is 26.9 Å². The minimum atomic E-state index is -0.865. The molecule has 8 heteroatoms. The van der Waals surface area contributed by atoms with Crippen LogP contribution in [0, 0.1) is 0 Å². The lowest BCUT2D eigenvalue weighted by molar-refractivity contribution is -0.136. The number of para-hydroxylation sites is 2. The third kappa shape index (κ3) is 6.59. The Hall–Kier alpha value is -3.35. The van der Waals surface area contributed by atoms with Crippen LogP contribution in [0.5, 0.6) is 5.75 Å². The van der Waals surface area contributed by atoms with Crippen LogP contribution in [0.4, 0.5) is 5.69 Å². The summed E-state index contributed by atoms with van der Waals surface area (Å²) in [7, 11) is 0. The SMILES string of the molecule is CCc1cccc(CC)c1NC(=O)C(=O)N/N=C\c1ccccc1OCc1ccc(Cl)cc1Cl. The van der Waals surface area contributed by atoms with Crippen molar-refractivity contribution in [3.05, 3.63) is 93.0 Å². The van der Waals surface area contributed by atoms with E-state index in [9.17, 15) is 9.59 Å². The van der Waals surface area contributed by atoms with E-state index < -0.39 is 11.8 Å². The minimum Gasteiger partial charge on any atom is -0.488 e. The van der Waals surface area contributed by atoms with E-state index in [1.54, 1.807) is 30.3 Å². The Morgan fingerprint density at radius 3 is 2.29 bits per heavy atom. The first-order chi connectivity index (χ1) is 16.4. The number of rotatable bonds is 8. The largest absolute Gasteiger partial charge is 0.488 e. The Kier molecular flexibility index (Phi) is 9.08. The molecule has 0 radical (unpaired) electrons. The van der Waals surface area contributed by atoms with Gasteiger partial charge in [-0.1, -0.05) is 73.4 Å². The van der Waals surface area contributed by atoms with E-state index in [1.807, 2.05) is 44.2 Å². The molecular weight excluding hydrogens is 473 g/mol. The van der Waals surface area contributed by atoms with Crippen LogP contribution in [0.25, 0.3) is 0 Å². The maximum atomic E-state index is 12.4. The standard InChI is InChI=1S/C26H25Cl2N3O3/c1-3-17-9-7-10-18(4-2)24(17)30-25(32)26(33)31-29-15-19-8-5-6-11-23(19)34-16-20-12-13-21(27)14-22(20)28/h5-15H,3-4,16H2,1-2H3,(H,30,32)(H,31,33)/b29-15-. The first-order valence-electron chi connectivity index (χ1n) is 10.8. The average molecular weight is 498 g/mol. The number of carbonyl (C=O) groups excluding carboxylic acids is 2. The Labute approximate surface area is 208 Å². The van der Waals surface area contributed by atoms with Gasteiger partial charge in [-0.3, -0.25) is 9.59 Å². The van der Waals surface area contributed by atoms with Crippen LogP contribution in [0.15, 0.2) is 65.8 Å². The van der Waals surface area contributed by atoms with E-state index >= 15 is 0 Å². The minimum absolute atomic E-state index is 0.228. The Morgan fingerprint density at radius 2 is 1.62 bits per heavy atom. The molecule has 0 aliphatic carbocycles. The molecule has 3 aromatic rings. The molecule has 3 rings (SSSR count). The number of hydrogen-bond acceptors (Lipinski definition) is 4. The van der Waals surface area contributed by atoms with Gasteiger partial charge in [-0.2, -0.15) is 5.10 Å². The van der Waals surface area contributed by atoms with Gasteiger partial charge in [0.1, 0.15) is 12.4 Å². The normalized spacial score (nSPS) is 10.8. The summed E-state index contributed by atoms with van der Waals surface area (Å²) in [5.74, 6) is -1.11. The smallest absolute Gasteiger partial charge is 0.329 e. The lowest BCUT2D eigenvalue weighted by Gasteiger charge is -2.13. The molecule has 0 saturated heterocycles. The van der Waals surface area contributed by atoms with Crippen molar-refractivity contribution in [3.8, 4) is 5.75 Å². The molecule has 2 N–H and O–H groups in total. The number of hydrogen-bond donors (Lipinski definition) is 2. The number of halogens is 2. The number of anilines is 1. The second-order valence-electron chi connectivity index (χ2n) is 7.37. The molecule has 0 bridgehead atoms. The molecule has 0 heterocycles. The summed E-state index contributed by atoms with van der Waals surface area (Å²) in [5, 5.41) is 7.70. The van der Waals surface area contributed by atoms with Crippen molar-refractivity contribution in [3.63, 3.8) is 0 Å². The molecule has 0 aromatic heterocycles. The van der Waals surface area contributed by atoms with Crippen LogP contribution in [0.2, 0.25) is 10.0 Å². The summed E-state index contributed by atoms with van der Waals surface area (Å²) in [6, 6.07) is 18.2. The number of nitrogens with zero attached hydrogens (tertiary/aromatic N) is 1. The fourth-order valence-corrected chi connectivity index (χ4v) is 3.76. The molecule has 34 heavy (non-hydrogen) atoms. The van der Waals surface area contributed by atoms with Gasteiger partial charge in [0.05, 0.1) is 6.21 Å². The molecule has 0 spiro atoms. The molecule has 0 saturated carbocycles. The number of carbonyl (C=O) groups is 2. The Balaban J connectivity index is 1.63. The predicted molar refractivity (Wildman–Crippen MR) is 137 cm³/mol. The molecule has 0 aliphatic heterocycles. The van der Waals surface area contributed by atoms with E-state index in [-0.39, 0.29) is 6.61 Å². The Bertz CT molecular complexity index is 1190. The third-order valence-corrected chi connectivity index (χ3v) is 5.72. The number of ether oxygens (including phenoxy) is 1. The van der Waals surface area contributed by atoms with E-state index in [2.05, 4.69) is 15.8 Å². The third-order valence-electron chi connectivity index (χ3n) is 5.13. The van der Waals surface area contributed by atoms with Gasteiger partial charge >= 0.3 is 11.8 Å². The fourth-order valence-electron chi connectivity index (χ4n) is 3.30. The highest BCUT2D eigenvalue weighted by molar-refractivity contribution is 6.39. The number of hydrazone groups is 1. The van der Waals surface area contributed by atoms with Crippen molar-refractivity contribution in [2.45, 2.75) is 33.3 Å². The lowest BCUT2D eigenvalue weighted by Crippen LogP contribution is -2.33. The first kappa shape index (κ1) is 25.3. The molecule has 2 amide bonds. The van der Waals surface area contributed by atoms with Crippen LogP contribution >= 0.6 is 23.2 Å². The molecule has 0 aliphatic rings. The van der Waals surface area contributed by atoms with Gasteiger partial charge in [0.25, 0.3) is 0 Å². The summed E-state index contributed by atoms with van der Waals surface area (Å²) in [4.78, 5) is 24.7. The van der Waals surface area contributed by atoms with Crippen molar-refractivity contribution < 1.29 is 14.3 Å². The molecule has 6 nitrogen and oxygen atoms in total. The maximum Gasteiger partial charge on any atom is 0.329 e. The maximum absolute atomic E-state index is 12.4.